The van der Waals surface area contributed by atoms with E-state index in [1.165, 1.54) is 10.1 Å². The molecule has 0 bridgehead atoms. The van der Waals surface area contributed by atoms with Crippen molar-refractivity contribution < 1.29 is 14.4 Å². The summed E-state index contributed by atoms with van der Waals surface area (Å²) < 4.78 is 6.24. The molecule has 4 heterocycles. The predicted molar refractivity (Wildman–Crippen MR) is 85.7 cm³/mol. The summed E-state index contributed by atoms with van der Waals surface area (Å²) >= 11 is 1.71. The van der Waals surface area contributed by atoms with Gasteiger partial charge >= 0.3 is 0 Å². The fraction of sp³-hybridized carbons (Fsp3) is 0.750. The van der Waals surface area contributed by atoms with Crippen LogP contribution in [-0.2, 0) is 20.9 Å². The number of piperidine rings is 1. The van der Waals surface area contributed by atoms with Gasteiger partial charge in [0, 0.05) is 24.7 Å². The number of likely N-dealkylation sites (tertiary alicyclic amines) is 1. The molecule has 3 aliphatic heterocycles. The van der Waals surface area contributed by atoms with E-state index in [1.54, 1.807) is 11.3 Å². The van der Waals surface area contributed by atoms with Crippen molar-refractivity contribution in [2.45, 2.75) is 50.4 Å². The van der Waals surface area contributed by atoms with Crippen LogP contribution in [0.5, 0.6) is 0 Å². The second-order valence-electron chi connectivity index (χ2n) is 6.66. The SMILES string of the molecule is O=C([C@H]1CCC2(CCN(Cc3nccs3)CC2)O1)N1CCCO1. The average Bonchev–Trinajstić information content (AvgIpc) is 3.31. The zero-order chi connectivity index (χ0) is 15.7. The Balaban J connectivity index is 1.30. The van der Waals surface area contributed by atoms with E-state index in [0.29, 0.717) is 13.2 Å². The minimum atomic E-state index is -0.307. The van der Waals surface area contributed by atoms with Crippen LogP contribution in [0.15, 0.2) is 11.6 Å². The Labute approximate surface area is 140 Å². The quantitative estimate of drug-likeness (QED) is 0.842. The first-order valence-corrected chi connectivity index (χ1v) is 9.35. The molecule has 3 fully saturated rings. The summed E-state index contributed by atoms with van der Waals surface area (Å²) in [5.74, 6) is 0.0181. The van der Waals surface area contributed by atoms with Crippen molar-refractivity contribution in [2.75, 3.05) is 26.2 Å². The minimum absolute atomic E-state index is 0.0181. The summed E-state index contributed by atoms with van der Waals surface area (Å²) in [5.41, 5.74) is -0.0978. The van der Waals surface area contributed by atoms with E-state index in [-0.39, 0.29) is 17.6 Å². The van der Waals surface area contributed by atoms with E-state index in [2.05, 4.69) is 9.88 Å². The molecule has 7 heteroatoms. The summed E-state index contributed by atoms with van der Waals surface area (Å²) in [6.45, 7) is 4.31. The highest BCUT2D eigenvalue weighted by molar-refractivity contribution is 7.09. The van der Waals surface area contributed by atoms with Crippen LogP contribution in [0, 0.1) is 0 Å². The number of nitrogens with zero attached hydrogens (tertiary/aromatic N) is 3. The largest absolute Gasteiger partial charge is 0.362 e. The summed E-state index contributed by atoms with van der Waals surface area (Å²) in [4.78, 5) is 24.6. The molecule has 6 nitrogen and oxygen atoms in total. The number of aromatic nitrogens is 1. The molecule has 0 unspecified atom stereocenters. The monoisotopic (exact) mass is 337 g/mol. The van der Waals surface area contributed by atoms with E-state index in [9.17, 15) is 4.79 Å². The highest BCUT2D eigenvalue weighted by atomic mass is 32.1. The molecule has 0 aromatic carbocycles. The number of carbonyl (C=O) groups is 1. The number of thiazole rings is 1. The molecule has 0 N–H and O–H groups in total. The molecule has 126 valence electrons. The van der Waals surface area contributed by atoms with Gasteiger partial charge in [-0.05, 0) is 32.1 Å². The van der Waals surface area contributed by atoms with Crippen LogP contribution in [0.3, 0.4) is 0 Å². The molecular formula is C16H23N3O3S. The van der Waals surface area contributed by atoms with E-state index < -0.39 is 0 Å². The lowest BCUT2D eigenvalue weighted by Gasteiger charge is -2.38. The van der Waals surface area contributed by atoms with Crippen molar-refractivity contribution in [3.8, 4) is 0 Å². The fourth-order valence-electron chi connectivity index (χ4n) is 3.78. The molecule has 1 amide bonds. The van der Waals surface area contributed by atoms with Crippen LogP contribution in [0.4, 0.5) is 0 Å². The summed E-state index contributed by atoms with van der Waals surface area (Å²) in [6, 6.07) is 0. The Morgan fingerprint density at radius 1 is 1.35 bits per heavy atom. The van der Waals surface area contributed by atoms with Gasteiger partial charge in [-0.25, -0.2) is 10.0 Å². The zero-order valence-electron chi connectivity index (χ0n) is 13.3. The zero-order valence-corrected chi connectivity index (χ0v) is 14.1. The standard InChI is InChI=1S/C16H23N3O3S/c20-15(19-7-1-10-21-19)13-2-3-16(22-13)4-8-18(9-5-16)12-14-17-6-11-23-14/h6,11,13H,1-5,7-10,12H2/t13-/m1/s1. The van der Waals surface area contributed by atoms with Gasteiger partial charge < -0.3 is 4.74 Å². The van der Waals surface area contributed by atoms with Crippen LogP contribution in [0.1, 0.15) is 37.1 Å². The first-order valence-electron chi connectivity index (χ1n) is 8.47. The molecule has 4 rings (SSSR count). The van der Waals surface area contributed by atoms with Gasteiger partial charge in [0.25, 0.3) is 5.91 Å². The van der Waals surface area contributed by atoms with Gasteiger partial charge in [-0.15, -0.1) is 11.3 Å². The van der Waals surface area contributed by atoms with E-state index >= 15 is 0 Å². The summed E-state index contributed by atoms with van der Waals surface area (Å²) in [7, 11) is 0. The molecule has 1 atom stereocenters. The summed E-state index contributed by atoms with van der Waals surface area (Å²) in [6.07, 6.45) is 6.30. The maximum atomic E-state index is 12.4. The third kappa shape index (κ3) is 3.28. The Kier molecular flexibility index (Phi) is 4.36. The van der Waals surface area contributed by atoms with E-state index in [0.717, 1.165) is 51.7 Å². The van der Waals surface area contributed by atoms with Crippen molar-refractivity contribution >= 4 is 17.2 Å². The molecule has 1 aromatic heterocycles. The van der Waals surface area contributed by atoms with Crippen molar-refractivity contribution in [1.82, 2.24) is 14.9 Å². The van der Waals surface area contributed by atoms with Crippen LogP contribution < -0.4 is 0 Å². The van der Waals surface area contributed by atoms with Gasteiger partial charge in [-0.2, -0.15) is 0 Å². The maximum absolute atomic E-state index is 12.4. The molecule has 0 radical (unpaired) electrons. The maximum Gasteiger partial charge on any atom is 0.275 e. The molecular weight excluding hydrogens is 314 g/mol. The van der Waals surface area contributed by atoms with Gasteiger partial charge in [0.15, 0.2) is 0 Å². The highest BCUT2D eigenvalue weighted by Crippen LogP contribution is 2.39. The van der Waals surface area contributed by atoms with Crippen LogP contribution >= 0.6 is 11.3 Å². The molecule has 3 aliphatic rings. The minimum Gasteiger partial charge on any atom is -0.362 e. The smallest absolute Gasteiger partial charge is 0.275 e. The molecule has 23 heavy (non-hydrogen) atoms. The Morgan fingerprint density at radius 3 is 2.91 bits per heavy atom. The van der Waals surface area contributed by atoms with Gasteiger partial charge in [-0.3, -0.25) is 14.5 Å². The predicted octanol–water partition coefficient (Wildman–Crippen LogP) is 1.82. The normalized spacial score (nSPS) is 27.8. The fourth-order valence-corrected chi connectivity index (χ4v) is 4.44. The number of ether oxygens (including phenoxy) is 1. The number of hydroxylamine groups is 2. The first-order chi connectivity index (χ1) is 11.2. The van der Waals surface area contributed by atoms with Gasteiger partial charge in [-0.1, -0.05) is 0 Å². The van der Waals surface area contributed by atoms with Crippen LogP contribution in [-0.4, -0.2) is 58.8 Å². The van der Waals surface area contributed by atoms with Crippen molar-refractivity contribution in [3.05, 3.63) is 16.6 Å². The lowest BCUT2D eigenvalue weighted by atomic mass is 9.88. The lowest BCUT2D eigenvalue weighted by Crippen LogP contribution is -2.45. The number of carbonyl (C=O) groups excluding carboxylic acids is 1. The number of hydrogen-bond acceptors (Lipinski definition) is 6. The number of hydrogen-bond donors (Lipinski definition) is 0. The lowest BCUT2D eigenvalue weighted by molar-refractivity contribution is -0.185. The Bertz CT molecular complexity index is 537. The molecule has 1 aromatic rings. The van der Waals surface area contributed by atoms with Crippen molar-refractivity contribution in [1.29, 1.82) is 0 Å². The van der Waals surface area contributed by atoms with E-state index in [1.807, 2.05) is 11.6 Å². The molecule has 0 saturated carbocycles. The average molecular weight is 337 g/mol. The van der Waals surface area contributed by atoms with Crippen molar-refractivity contribution in [2.24, 2.45) is 0 Å². The Morgan fingerprint density at radius 2 is 2.22 bits per heavy atom. The third-order valence-corrected chi connectivity index (χ3v) is 5.90. The molecule has 3 saturated heterocycles. The van der Waals surface area contributed by atoms with E-state index in [4.69, 9.17) is 9.57 Å². The second kappa shape index (κ2) is 6.47. The molecule has 1 spiro atoms. The second-order valence-corrected chi connectivity index (χ2v) is 7.64. The van der Waals surface area contributed by atoms with Gasteiger partial charge in [0.05, 0.1) is 25.3 Å². The third-order valence-electron chi connectivity index (χ3n) is 5.14. The van der Waals surface area contributed by atoms with Crippen LogP contribution in [0.25, 0.3) is 0 Å². The van der Waals surface area contributed by atoms with Gasteiger partial charge in [0.2, 0.25) is 0 Å². The van der Waals surface area contributed by atoms with Crippen molar-refractivity contribution in [3.63, 3.8) is 0 Å². The highest BCUT2D eigenvalue weighted by Gasteiger charge is 2.46. The molecule has 0 aliphatic carbocycles. The Hall–Kier alpha value is -1.02. The first kappa shape index (κ1) is 15.5. The number of rotatable bonds is 3. The van der Waals surface area contributed by atoms with Gasteiger partial charge in [0.1, 0.15) is 11.1 Å². The topological polar surface area (TPSA) is 54.9 Å². The summed E-state index contributed by atoms with van der Waals surface area (Å²) in [5, 5.41) is 4.70. The number of amides is 1. The van der Waals surface area contributed by atoms with Crippen LogP contribution in [0.2, 0.25) is 0 Å².